The number of anilines is 1. The predicted molar refractivity (Wildman–Crippen MR) is 68.7 cm³/mol. The van der Waals surface area contributed by atoms with Crippen molar-refractivity contribution >= 4 is 5.95 Å². The van der Waals surface area contributed by atoms with E-state index in [0.29, 0.717) is 13.1 Å². The zero-order valence-electron chi connectivity index (χ0n) is 10.5. The highest BCUT2D eigenvalue weighted by Crippen LogP contribution is 2.27. The summed E-state index contributed by atoms with van der Waals surface area (Å²) in [7, 11) is 0. The summed E-state index contributed by atoms with van der Waals surface area (Å²) in [5, 5.41) is 2.76. The normalized spacial score (nSPS) is 11.4. The average molecular weight is 282 g/mol. The molecule has 0 saturated carbocycles. The number of nitrogens with one attached hydrogen (secondary N) is 1. The Morgan fingerprint density at radius 1 is 1.15 bits per heavy atom. The Hall–Kier alpha value is -2.15. The predicted octanol–water partition coefficient (Wildman–Crippen LogP) is 2.57. The molecule has 0 spiro atoms. The van der Waals surface area contributed by atoms with Crippen molar-refractivity contribution in [1.82, 2.24) is 9.97 Å². The molecule has 0 unspecified atom stereocenters. The van der Waals surface area contributed by atoms with Crippen molar-refractivity contribution in [2.24, 2.45) is 5.73 Å². The largest absolute Gasteiger partial charge is 0.433 e. The first-order valence-electron chi connectivity index (χ1n) is 5.91. The van der Waals surface area contributed by atoms with Crippen LogP contribution in [0.3, 0.4) is 0 Å². The molecular formula is C13H13F3N4. The third-order valence-corrected chi connectivity index (χ3v) is 2.62. The monoisotopic (exact) mass is 282 g/mol. The van der Waals surface area contributed by atoms with Crippen LogP contribution in [0, 0.1) is 0 Å². The molecule has 1 aromatic heterocycles. The molecule has 106 valence electrons. The second-order valence-corrected chi connectivity index (χ2v) is 4.14. The fourth-order valence-corrected chi connectivity index (χ4v) is 1.65. The molecular weight excluding hydrogens is 269 g/mol. The highest BCUT2D eigenvalue weighted by Gasteiger charge is 2.32. The van der Waals surface area contributed by atoms with Gasteiger partial charge in [-0.2, -0.15) is 13.2 Å². The highest BCUT2D eigenvalue weighted by atomic mass is 19.4. The maximum atomic E-state index is 12.5. The second kappa shape index (κ2) is 5.87. The number of rotatable bonds is 4. The molecule has 0 amide bonds. The minimum atomic E-state index is -4.47. The van der Waals surface area contributed by atoms with E-state index in [1.54, 1.807) is 0 Å². The van der Waals surface area contributed by atoms with Crippen molar-refractivity contribution in [3.8, 4) is 0 Å². The minimum Gasteiger partial charge on any atom is -0.350 e. The van der Waals surface area contributed by atoms with Gasteiger partial charge in [-0.1, -0.05) is 24.3 Å². The number of benzene rings is 1. The molecule has 0 aliphatic carbocycles. The van der Waals surface area contributed by atoms with Crippen LogP contribution in [0.15, 0.2) is 36.5 Å². The van der Waals surface area contributed by atoms with E-state index in [2.05, 4.69) is 15.3 Å². The van der Waals surface area contributed by atoms with Gasteiger partial charge in [-0.25, -0.2) is 9.97 Å². The van der Waals surface area contributed by atoms with Crippen molar-refractivity contribution in [3.05, 3.63) is 53.3 Å². The molecule has 20 heavy (non-hydrogen) atoms. The topological polar surface area (TPSA) is 63.8 Å². The zero-order valence-corrected chi connectivity index (χ0v) is 10.5. The third kappa shape index (κ3) is 3.67. The van der Waals surface area contributed by atoms with E-state index in [0.717, 1.165) is 23.4 Å². The minimum absolute atomic E-state index is 0.0574. The van der Waals surface area contributed by atoms with Gasteiger partial charge in [0.25, 0.3) is 0 Å². The summed E-state index contributed by atoms with van der Waals surface area (Å²) in [4.78, 5) is 7.19. The average Bonchev–Trinajstić information content (AvgIpc) is 2.45. The van der Waals surface area contributed by atoms with Crippen molar-refractivity contribution in [3.63, 3.8) is 0 Å². The van der Waals surface area contributed by atoms with Gasteiger partial charge in [0, 0.05) is 19.3 Å². The number of nitrogens with zero attached hydrogens (tertiary/aromatic N) is 2. The lowest BCUT2D eigenvalue weighted by molar-refractivity contribution is -0.141. The second-order valence-electron chi connectivity index (χ2n) is 4.14. The van der Waals surface area contributed by atoms with Crippen molar-refractivity contribution < 1.29 is 13.2 Å². The highest BCUT2D eigenvalue weighted by molar-refractivity contribution is 5.30. The van der Waals surface area contributed by atoms with E-state index in [1.165, 1.54) is 0 Å². The van der Waals surface area contributed by atoms with E-state index in [1.807, 2.05) is 24.3 Å². The van der Waals surface area contributed by atoms with Crippen molar-refractivity contribution in [1.29, 1.82) is 0 Å². The van der Waals surface area contributed by atoms with Crippen LogP contribution in [-0.4, -0.2) is 9.97 Å². The lowest BCUT2D eigenvalue weighted by Crippen LogP contribution is -2.11. The van der Waals surface area contributed by atoms with E-state index in [4.69, 9.17) is 5.73 Å². The molecule has 0 radical (unpaired) electrons. The van der Waals surface area contributed by atoms with Gasteiger partial charge >= 0.3 is 6.18 Å². The van der Waals surface area contributed by atoms with Crippen LogP contribution in [0.25, 0.3) is 0 Å². The molecule has 2 aromatic rings. The first kappa shape index (κ1) is 14.3. The summed E-state index contributed by atoms with van der Waals surface area (Å²) >= 11 is 0. The van der Waals surface area contributed by atoms with Gasteiger partial charge in [0.05, 0.1) is 0 Å². The van der Waals surface area contributed by atoms with Crippen molar-refractivity contribution in [2.45, 2.75) is 19.3 Å². The molecule has 0 aliphatic heterocycles. The molecule has 0 saturated heterocycles. The van der Waals surface area contributed by atoms with Crippen molar-refractivity contribution in [2.75, 3.05) is 5.32 Å². The van der Waals surface area contributed by atoms with Gasteiger partial charge in [-0.3, -0.25) is 0 Å². The summed E-state index contributed by atoms with van der Waals surface area (Å²) in [6, 6.07) is 8.27. The molecule has 0 bridgehead atoms. The summed E-state index contributed by atoms with van der Waals surface area (Å²) < 4.78 is 37.5. The van der Waals surface area contributed by atoms with Gasteiger partial charge in [0.2, 0.25) is 5.95 Å². The smallest absolute Gasteiger partial charge is 0.350 e. The molecule has 1 heterocycles. The van der Waals surface area contributed by atoms with E-state index in [-0.39, 0.29) is 5.95 Å². The fourth-order valence-electron chi connectivity index (χ4n) is 1.65. The lowest BCUT2D eigenvalue weighted by Gasteiger charge is -2.09. The Morgan fingerprint density at radius 2 is 1.90 bits per heavy atom. The molecule has 1 aromatic carbocycles. The molecule has 0 atom stereocenters. The van der Waals surface area contributed by atoms with Gasteiger partial charge in [-0.05, 0) is 17.2 Å². The zero-order chi connectivity index (χ0) is 14.6. The van der Waals surface area contributed by atoms with Crippen LogP contribution in [0.5, 0.6) is 0 Å². The van der Waals surface area contributed by atoms with Gasteiger partial charge in [0.1, 0.15) is 5.69 Å². The molecule has 0 fully saturated rings. The Labute approximate surface area is 113 Å². The fraction of sp³-hybridized carbons (Fsp3) is 0.231. The molecule has 4 nitrogen and oxygen atoms in total. The lowest BCUT2D eigenvalue weighted by atomic mass is 10.1. The van der Waals surface area contributed by atoms with E-state index in [9.17, 15) is 13.2 Å². The van der Waals surface area contributed by atoms with Crippen LogP contribution in [0.4, 0.5) is 19.1 Å². The van der Waals surface area contributed by atoms with Crippen LogP contribution in [0.1, 0.15) is 16.8 Å². The molecule has 7 heteroatoms. The SMILES string of the molecule is NCc1cccc(CNc2nccc(C(F)(F)F)n2)c1. The van der Waals surface area contributed by atoms with Crippen LogP contribution in [-0.2, 0) is 19.3 Å². The number of halogens is 3. The third-order valence-electron chi connectivity index (χ3n) is 2.62. The standard InChI is InChI=1S/C13H13F3N4/c14-13(15,16)11-4-5-18-12(20-11)19-8-10-3-1-2-9(6-10)7-17/h1-6H,7-8,17H2,(H,18,19,20). The molecule has 3 N–H and O–H groups in total. The molecule has 0 aliphatic rings. The Kier molecular flexibility index (Phi) is 4.19. The summed E-state index contributed by atoms with van der Waals surface area (Å²) in [5.74, 6) is -0.0574. The summed E-state index contributed by atoms with van der Waals surface area (Å²) in [6.45, 7) is 0.739. The van der Waals surface area contributed by atoms with E-state index < -0.39 is 11.9 Å². The Morgan fingerprint density at radius 3 is 2.60 bits per heavy atom. The first-order chi connectivity index (χ1) is 9.49. The van der Waals surface area contributed by atoms with Gasteiger partial charge < -0.3 is 11.1 Å². The van der Waals surface area contributed by atoms with Crippen LogP contribution in [0.2, 0.25) is 0 Å². The maximum Gasteiger partial charge on any atom is 0.433 e. The first-order valence-corrected chi connectivity index (χ1v) is 5.91. The summed E-state index contributed by atoms with van der Waals surface area (Å²) in [5.41, 5.74) is 6.41. The van der Waals surface area contributed by atoms with Crippen LogP contribution < -0.4 is 11.1 Å². The molecule has 2 rings (SSSR count). The quantitative estimate of drug-likeness (QED) is 0.904. The number of alkyl halides is 3. The number of hydrogen-bond donors (Lipinski definition) is 2. The Bertz CT molecular complexity index is 584. The number of aromatic nitrogens is 2. The van der Waals surface area contributed by atoms with E-state index >= 15 is 0 Å². The van der Waals surface area contributed by atoms with Gasteiger partial charge in [0.15, 0.2) is 0 Å². The van der Waals surface area contributed by atoms with Gasteiger partial charge in [-0.15, -0.1) is 0 Å². The maximum absolute atomic E-state index is 12.5. The summed E-state index contributed by atoms with van der Waals surface area (Å²) in [6.07, 6.45) is -3.40. The Balaban J connectivity index is 2.07. The number of hydrogen-bond acceptors (Lipinski definition) is 4. The van der Waals surface area contributed by atoms with Crippen LogP contribution >= 0.6 is 0 Å². The number of nitrogens with two attached hydrogens (primary N) is 1.